The molecule has 25 heavy (non-hydrogen) atoms. The summed E-state index contributed by atoms with van der Waals surface area (Å²) in [5.74, 6) is -0.289. The van der Waals surface area contributed by atoms with E-state index in [1.807, 2.05) is 13.8 Å². The van der Waals surface area contributed by atoms with Crippen molar-refractivity contribution in [3.8, 4) is 0 Å². The monoisotopic (exact) mass is 359 g/mol. The fourth-order valence-corrected chi connectivity index (χ4v) is 2.20. The third-order valence-electron chi connectivity index (χ3n) is 3.72. The zero-order chi connectivity index (χ0) is 18.2. The van der Waals surface area contributed by atoms with Gasteiger partial charge in [0.05, 0.1) is 6.54 Å². The molecule has 2 amide bonds. The van der Waals surface area contributed by atoms with Gasteiger partial charge in [0.15, 0.2) is 0 Å². The minimum atomic E-state index is -0.174. The zero-order valence-electron chi connectivity index (χ0n) is 14.3. The Morgan fingerprint density at radius 2 is 1.60 bits per heavy atom. The van der Waals surface area contributed by atoms with Crippen LogP contribution < -0.4 is 16.0 Å². The molecule has 0 aromatic heterocycles. The van der Waals surface area contributed by atoms with Crippen molar-refractivity contribution in [2.45, 2.75) is 26.3 Å². The molecule has 0 saturated carbocycles. The first kappa shape index (κ1) is 18.8. The van der Waals surface area contributed by atoms with E-state index in [4.69, 9.17) is 11.6 Å². The number of benzene rings is 2. The van der Waals surface area contributed by atoms with Gasteiger partial charge in [-0.05, 0) is 61.9 Å². The van der Waals surface area contributed by atoms with Crippen LogP contribution in [0, 0.1) is 0 Å². The maximum Gasteiger partial charge on any atom is 0.251 e. The Balaban J connectivity index is 1.84. The maximum atomic E-state index is 12.0. The van der Waals surface area contributed by atoms with Crippen LogP contribution in [0.15, 0.2) is 48.5 Å². The summed E-state index contributed by atoms with van der Waals surface area (Å²) >= 11 is 5.82. The van der Waals surface area contributed by atoms with Crippen LogP contribution in [-0.4, -0.2) is 24.4 Å². The van der Waals surface area contributed by atoms with Crippen molar-refractivity contribution >= 4 is 34.8 Å². The fourth-order valence-electron chi connectivity index (χ4n) is 2.07. The minimum Gasteiger partial charge on any atom is -0.376 e. The van der Waals surface area contributed by atoms with Crippen LogP contribution in [0.1, 0.15) is 30.6 Å². The molecule has 2 aromatic rings. The van der Waals surface area contributed by atoms with E-state index in [0.29, 0.717) is 16.3 Å². The van der Waals surface area contributed by atoms with E-state index in [-0.39, 0.29) is 24.4 Å². The highest BCUT2D eigenvalue weighted by Gasteiger charge is 2.09. The highest BCUT2D eigenvalue weighted by molar-refractivity contribution is 6.30. The molecule has 0 fully saturated rings. The van der Waals surface area contributed by atoms with Crippen LogP contribution in [0.5, 0.6) is 0 Å². The molecule has 1 unspecified atom stereocenters. The van der Waals surface area contributed by atoms with Gasteiger partial charge in [-0.25, -0.2) is 0 Å². The molecule has 0 aliphatic rings. The number of amides is 2. The number of carbonyl (C=O) groups is 2. The number of rotatable bonds is 7. The summed E-state index contributed by atoms with van der Waals surface area (Å²) in [6, 6.07) is 14.1. The average Bonchev–Trinajstić information content (AvgIpc) is 2.61. The van der Waals surface area contributed by atoms with Gasteiger partial charge in [-0.3, -0.25) is 9.59 Å². The van der Waals surface area contributed by atoms with Crippen molar-refractivity contribution in [1.29, 1.82) is 0 Å². The Bertz CT molecular complexity index is 714. The Morgan fingerprint density at radius 1 is 1.00 bits per heavy atom. The van der Waals surface area contributed by atoms with Gasteiger partial charge in [-0.15, -0.1) is 0 Å². The number of nitrogens with one attached hydrogen (secondary N) is 3. The Labute approximate surface area is 152 Å². The van der Waals surface area contributed by atoms with Crippen molar-refractivity contribution in [3.05, 3.63) is 59.1 Å². The lowest BCUT2D eigenvalue weighted by atomic mass is 10.1. The lowest BCUT2D eigenvalue weighted by molar-refractivity contribution is -0.114. The quantitative estimate of drug-likeness (QED) is 0.701. The van der Waals surface area contributed by atoms with Crippen molar-refractivity contribution in [3.63, 3.8) is 0 Å². The number of hydrogen-bond donors (Lipinski definition) is 3. The summed E-state index contributed by atoms with van der Waals surface area (Å²) < 4.78 is 0. The molecular weight excluding hydrogens is 338 g/mol. The number of carbonyl (C=O) groups excluding carboxylic acids is 2. The van der Waals surface area contributed by atoms with Crippen LogP contribution in [-0.2, 0) is 4.79 Å². The van der Waals surface area contributed by atoms with E-state index in [9.17, 15) is 9.59 Å². The first-order valence-electron chi connectivity index (χ1n) is 8.18. The molecular formula is C19H22ClN3O2. The van der Waals surface area contributed by atoms with E-state index >= 15 is 0 Å². The molecule has 0 aliphatic heterocycles. The number of halogens is 1. The van der Waals surface area contributed by atoms with Crippen LogP contribution in [0.25, 0.3) is 0 Å². The average molecular weight is 360 g/mol. The van der Waals surface area contributed by atoms with Gasteiger partial charge in [-0.2, -0.15) is 0 Å². The van der Waals surface area contributed by atoms with Crippen LogP contribution in [0.3, 0.4) is 0 Å². The predicted molar refractivity (Wildman–Crippen MR) is 102 cm³/mol. The minimum absolute atomic E-state index is 0.114. The van der Waals surface area contributed by atoms with E-state index in [1.165, 1.54) is 0 Å². The highest BCUT2D eigenvalue weighted by Crippen LogP contribution is 2.13. The van der Waals surface area contributed by atoms with Crippen LogP contribution >= 0.6 is 11.6 Å². The largest absolute Gasteiger partial charge is 0.376 e. The first-order valence-corrected chi connectivity index (χ1v) is 8.56. The van der Waals surface area contributed by atoms with Crippen molar-refractivity contribution in [2.75, 3.05) is 17.2 Å². The molecule has 132 valence electrons. The number of hydrogen-bond acceptors (Lipinski definition) is 3. The number of anilines is 2. The SMILES string of the molecule is CCC(C)NC(=O)c1ccc(NC(=O)CNc2ccc(Cl)cc2)cc1. The lowest BCUT2D eigenvalue weighted by Crippen LogP contribution is -2.31. The molecule has 6 heteroatoms. The molecule has 3 N–H and O–H groups in total. The summed E-state index contributed by atoms with van der Waals surface area (Å²) in [4.78, 5) is 24.0. The van der Waals surface area contributed by atoms with Gasteiger partial charge in [0.2, 0.25) is 5.91 Å². The molecule has 2 rings (SSSR count). The van der Waals surface area contributed by atoms with Crippen molar-refractivity contribution in [2.24, 2.45) is 0 Å². The molecule has 5 nitrogen and oxygen atoms in total. The van der Waals surface area contributed by atoms with E-state index in [2.05, 4.69) is 16.0 Å². The van der Waals surface area contributed by atoms with Gasteiger partial charge < -0.3 is 16.0 Å². The summed E-state index contributed by atoms with van der Waals surface area (Å²) in [5.41, 5.74) is 2.03. The predicted octanol–water partition coefficient (Wildman–Crippen LogP) is 3.92. The van der Waals surface area contributed by atoms with E-state index < -0.39 is 0 Å². The topological polar surface area (TPSA) is 70.2 Å². The Kier molecular flexibility index (Phi) is 6.83. The standard InChI is InChI=1S/C19H22ClN3O2/c1-3-13(2)22-19(25)14-4-8-17(9-5-14)23-18(24)12-21-16-10-6-15(20)7-11-16/h4-11,13,21H,3,12H2,1-2H3,(H,22,25)(H,23,24). The van der Waals surface area contributed by atoms with Crippen LogP contribution in [0.2, 0.25) is 5.02 Å². The van der Waals surface area contributed by atoms with Gasteiger partial charge in [-0.1, -0.05) is 18.5 Å². The van der Waals surface area contributed by atoms with E-state index in [0.717, 1.165) is 12.1 Å². The van der Waals surface area contributed by atoms with Gasteiger partial charge >= 0.3 is 0 Å². The third-order valence-corrected chi connectivity index (χ3v) is 3.97. The normalized spacial score (nSPS) is 11.5. The second kappa shape index (κ2) is 9.08. The van der Waals surface area contributed by atoms with Gasteiger partial charge in [0.1, 0.15) is 0 Å². The van der Waals surface area contributed by atoms with E-state index in [1.54, 1.807) is 48.5 Å². The van der Waals surface area contributed by atoms with Crippen LogP contribution in [0.4, 0.5) is 11.4 Å². The van der Waals surface area contributed by atoms with Crippen molar-refractivity contribution < 1.29 is 9.59 Å². The smallest absolute Gasteiger partial charge is 0.251 e. The summed E-state index contributed by atoms with van der Waals surface area (Å²) in [6.45, 7) is 4.11. The fraction of sp³-hybridized carbons (Fsp3) is 0.263. The molecule has 0 bridgehead atoms. The van der Waals surface area contributed by atoms with Gasteiger partial charge in [0.25, 0.3) is 5.91 Å². The summed E-state index contributed by atoms with van der Waals surface area (Å²) in [6.07, 6.45) is 0.875. The Hall–Kier alpha value is -2.53. The summed E-state index contributed by atoms with van der Waals surface area (Å²) in [5, 5.41) is 9.35. The first-order chi connectivity index (χ1) is 12.0. The molecule has 0 heterocycles. The second-order valence-corrected chi connectivity index (χ2v) is 6.21. The third kappa shape index (κ3) is 6.12. The summed E-state index contributed by atoms with van der Waals surface area (Å²) in [7, 11) is 0. The Morgan fingerprint density at radius 3 is 2.20 bits per heavy atom. The highest BCUT2D eigenvalue weighted by atomic mass is 35.5. The second-order valence-electron chi connectivity index (χ2n) is 5.77. The molecule has 0 radical (unpaired) electrons. The van der Waals surface area contributed by atoms with Crippen molar-refractivity contribution in [1.82, 2.24) is 5.32 Å². The maximum absolute atomic E-state index is 12.0. The molecule has 2 aromatic carbocycles. The van der Waals surface area contributed by atoms with Gasteiger partial charge in [0, 0.05) is 28.0 Å². The molecule has 0 spiro atoms. The molecule has 1 atom stereocenters. The zero-order valence-corrected chi connectivity index (χ0v) is 15.1. The molecule has 0 aliphatic carbocycles. The molecule has 0 saturated heterocycles. The lowest BCUT2D eigenvalue weighted by Gasteiger charge is -2.12.